The number of halogens is 3. The van der Waals surface area contributed by atoms with Crippen LogP contribution in [0.4, 0.5) is 29.5 Å². The fourth-order valence-electron chi connectivity index (χ4n) is 3.07. The van der Waals surface area contributed by atoms with E-state index in [2.05, 4.69) is 14.4 Å². The number of pyridine rings is 1. The number of hydrogen-bond donors (Lipinski definition) is 2. The number of nitrogens with zero attached hydrogens (tertiary/aromatic N) is 3. The van der Waals surface area contributed by atoms with Crippen molar-refractivity contribution in [2.75, 3.05) is 16.7 Å². The van der Waals surface area contributed by atoms with Gasteiger partial charge in [0.25, 0.3) is 26.0 Å². The summed E-state index contributed by atoms with van der Waals surface area (Å²) in [5.74, 6) is -0.711. The Morgan fingerprint density at radius 2 is 1.68 bits per heavy atom. The lowest BCUT2D eigenvalue weighted by atomic mass is 10.2. The molecule has 1 aromatic heterocycles. The molecule has 0 saturated carbocycles. The molecule has 2 heterocycles. The third-order valence-electron chi connectivity index (χ3n) is 4.88. The van der Waals surface area contributed by atoms with Gasteiger partial charge in [-0.15, -0.1) is 0 Å². The minimum atomic E-state index is -5.58. The van der Waals surface area contributed by atoms with Gasteiger partial charge in [0.05, 0.1) is 10.6 Å². The van der Waals surface area contributed by atoms with Gasteiger partial charge < -0.3 is 4.90 Å². The number of alkyl halides is 3. The van der Waals surface area contributed by atoms with Crippen LogP contribution < -0.4 is 14.3 Å². The van der Waals surface area contributed by atoms with Gasteiger partial charge in [-0.05, 0) is 48.9 Å². The first-order valence-corrected chi connectivity index (χ1v) is 12.4. The van der Waals surface area contributed by atoms with Gasteiger partial charge in [0.15, 0.2) is 0 Å². The van der Waals surface area contributed by atoms with Gasteiger partial charge in [-0.3, -0.25) is 9.52 Å². The molecule has 0 spiro atoms. The van der Waals surface area contributed by atoms with E-state index in [9.17, 15) is 39.6 Å². The van der Waals surface area contributed by atoms with E-state index in [1.807, 2.05) is 0 Å². The van der Waals surface area contributed by atoms with Crippen molar-refractivity contribution in [1.29, 1.82) is 0 Å². The normalized spacial score (nSPS) is 17.4. The summed E-state index contributed by atoms with van der Waals surface area (Å²) in [4.78, 5) is 30.4. The zero-order valence-electron chi connectivity index (χ0n) is 17.6. The van der Waals surface area contributed by atoms with Crippen molar-refractivity contribution in [3.63, 3.8) is 0 Å². The Bertz CT molecular complexity index is 1330. The average molecular weight is 521 g/mol. The highest BCUT2D eigenvalue weighted by Gasteiger charge is 2.47. The van der Waals surface area contributed by atoms with Crippen LogP contribution in [0.2, 0.25) is 0 Å². The van der Waals surface area contributed by atoms with Crippen molar-refractivity contribution < 1.29 is 39.6 Å². The average Bonchev–Trinajstić information content (AvgIpc) is 2.96. The zero-order valence-corrected chi connectivity index (χ0v) is 19.2. The molecule has 1 saturated heterocycles. The fourth-order valence-corrected chi connectivity index (χ4v) is 4.32. The molecule has 3 amide bonds. The van der Waals surface area contributed by atoms with Gasteiger partial charge >= 0.3 is 11.5 Å². The van der Waals surface area contributed by atoms with Gasteiger partial charge in [-0.1, -0.05) is 0 Å². The van der Waals surface area contributed by atoms with Crippen LogP contribution in [0.25, 0.3) is 0 Å². The summed E-state index contributed by atoms with van der Waals surface area (Å²) < 4.78 is 88.7. The van der Waals surface area contributed by atoms with E-state index in [0.29, 0.717) is 17.7 Å². The molecule has 1 aliphatic rings. The maximum absolute atomic E-state index is 12.9. The number of nitrogens with one attached hydrogen (secondary N) is 2. The fraction of sp³-hybridized carbons (Fsp3) is 0.278. The molecule has 3 rings (SSSR count). The summed E-state index contributed by atoms with van der Waals surface area (Å²) in [5.41, 5.74) is -5.17. The van der Waals surface area contributed by atoms with E-state index < -0.39 is 48.4 Å². The van der Waals surface area contributed by atoms with Crippen molar-refractivity contribution in [3.8, 4) is 0 Å². The molecule has 2 N–H and O–H groups in total. The number of aromatic nitrogens is 1. The second-order valence-electron chi connectivity index (χ2n) is 7.06. The third kappa shape index (κ3) is 4.83. The Hall–Kier alpha value is -3.24. The lowest BCUT2D eigenvalue weighted by molar-refractivity contribution is -0.119. The summed E-state index contributed by atoms with van der Waals surface area (Å²) in [6.07, 6.45) is 1.30. The molecule has 0 bridgehead atoms. The maximum atomic E-state index is 12.9. The molecule has 11 nitrogen and oxygen atoms in total. The molecule has 0 radical (unpaired) electrons. The number of benzene rings is 1. The van der Waals surface area contributed by atoms with Crippen LogP contribution in [-0.2, 0) is 31.4 Å². The Balaban J connectivity index is 1.84. The summed E-state index contributed by atoms with van der Waals surface area (Å²) in [6.45, 7) is 1.33. The number of hydrogen-bond acceptors (Lipinski definition) is 7. The van der Waals surface area contributed by atoms with Gasteiger partial charge in [0, 0.05) is 19.8 Å². The smallest absolute Gasteiger partial charge is 0.308 e. The largest absolute Gasteiger partial charge is 0.501 e. The third-order valence-corrected chi connectivity index (χ3v) is 7.39. The van der Waals surface area contributed by atoms with Crippen LogP contribution in [0, 0.1) is 0 Å². The molecule has 184 valence electrons. The zero-order chi connectivity index (χ0) is 25.5. The standard InChI is InChI=1S/C18H18F3N5O6S2/c1-11-16(27)26(13-3-5-14(6-4-13)33(29,30)18(19,20)21)17(28)25(11)10-12-7-8-23-15(9-12)24-34(31,32)22-2/h3-9,11,22H,10H2,1-2H3,(H,23,24). The molecule has 34 heavy (non-hydrogen) atoms. The number of rotatable bonds is 7. The number of imide groups is 1. The van der Waals surface area contributed by atoms with E-state index in [1.165, 1.54) is 32.3 Å². The van der Waals surface area contributed by atoms with Crippen LogP contribution >= 0.6 is 0 Å². The topological polar surface area (TPSA) is 146 Å². The number of anilines is 2. The predicted molar refractivity (Wildman–Crippen MR) is 113 cm³/mol. The number of urea groups is 1. The molecule has 1 atom stereocenters. The van der Waals surface area contributed by atoms with Crippen molar-refractivity contribution in [2.24, 2.45) is 0 Å². The second kappa shape index (κ2) is 8.84. The van der Waals surface area contributed by atoms with Gasteiger partial charge in [0.2, 0.25) is 0 Å². The number of carbonyl (C=O) groups excluding carboxylic acids is 2. The summed E-state index contributed by atoms with van der Waals surface area (Å²) >= 11 is 0. The van der Waals surface area contributed by atoms with Crippen LogP contribution in [-0.4, -0.2) is 57.3 Å². The lowest BCUT2D eigenvalue weighted by Gasteiger charge is -2.20. The Morgan fingerprint density at radius 1 is 1.06 bits per heavy atom. The first-order valence-electron chi connectivity index (χ1n) is 9.40. The minimum Gasteiger partial charge on any atom is -0.308 e. The number of carbonyl (C=O) groups is 2. The van der Waals surface area contributed by atoms with Crippen LogP contribution in [0.3, 0.4) is 0 Å². The molecule has 2 aromatic rings. The number of sulfone groups is 1. The van der Waals surface area contributed by atoms with Gasteiger partial charge in [-0.2, -0.15) is 21.6 Å². The molecular formula is C18H18F3N5O6S2. The molecule has 1 fully saturated rings. The predicted octanol–water partition coefficient (Wildman–Crippen LogP) is 1.61. The monoisotopic (exact) mass is 521 g/mol. The second-order valence-corrected chi connectivity index (χ2v) is 10.6. The Kier molecular flexibility index (Phi) is 6.60. The molecule has 1 aliphatic heterocycles. The highest BCUT2D eigenvalue weighted by atomic mass is 32.2. The SMILES string of the molecule is CNS(=O)(=O)Nc1cc(CN2C(=O)N(c3ccc(S(=O)(=O)C(F)(F)F)cc3)C(=O)C2C)ccn1. The molecule has 1 aromatic carbocycles. The van der Waals surface area contributed by atoms with Gasteiger partial charge in [-0.25, -0.2) is 27.8 Å². The summed E-state index contributed by atoms with van der Waals surface area (Å²) in [7, 11) is -8.22. The molecule has 0 aliphatic carbocycles. The van der Waals surface area contributed by atoms with Crippen molar-refractivity contribution >= 4 is 43.5 Å². The summed E-state index contributed by atoms with van der Waals surface area (Å²) in [6, 6.07) is 4.29. The van der Waals surface area contributed by atoms with Crippen molar-refractivity contribution in [2.45, 2.75) is 29.9 Å². The first kappa shape index (κ1) is 25.4. The molecule has 1 unspecified atom stereocenters. The van der Waals surface area contributed by atoms with E-state index in [-0.39, 0.29) is 18.1 Å². The Morgan fingerprint density at radius 3 is 2.24 bits per heavy atom. The molecular weight excluding hydrogens is 503 g/mol. The van der Waals surface area contributed by atoms with Crippen LogP contribution in [0.1, 0.15) is 12.5 Å². The molecule has 16 heteroatoms. The number of amides is 3. The van der Waals surface area contributed by atoms with Crippen molar-refractivity contribution in [1.82, 2.24) is 14.6 Å². The van der Waals surface area contributed by atoms with Crippen molar-refractivity contribution in [3.05, 3.63) is 48.2 Å². The summed E-state index contributed by atoms with van der Waals surface area (Å²) in [5, 5.41) is 0. The van der Waals surface area contributed by atoms with E-state index in [0.717, 1.165) is 21.9 Å². The maximum Gasteiger partial charge on any atom is 0.501 e. The highest BCUT2D eigenvalue weighted by molar-refractivity contribution is 7.92. The van der Waals surface area contributed by atoms with Gasteiger partial charge in [0.1, 0.15) is 11.9 Å². The van der Waals surface area contributed by atoms with E-state index in [1.54, 1.807) is 0 Å². The highest BCUT2D eigenvalue weighted by Crippen LogP contribution is 2.32. The van der Waals surface area contributed by atoms with Crippen LogP contribution in [0.15, 0.2) is 47.5 Å². The lowest BCUT2D eigenvalue weighted by Crippen LogP contribution is -2.33. The van der Waals surface area contributed by atoms with Crippen LogP contribution in [0.5, 0.6) is 0 Å². The first-order chi connectivity index (χ1) is 15.7. The minimum absolute atomic E-state index is 0.0317. The van der Waals surface area contributed by atoms with E-state index >= 15 is 0 Å². The quantitative estimate of drug-likeness (QED) is 0.527. The van der Waals surface area contributed by atoms with E-state index in [4.69, 9.17) is 0 Å². The Labute approximate surface area is 192 Å².